The highest BCUT2D eigenvalue weighted by Crippen LogP contribution is 2.26. The minimum absolute atomic E-state index is 0.790. The van der Waals surface area contributed by atoms with E-state index in [9.17, 15) is 0 Å². The summed E-state index contributed by atoms with van der Waals surface area (Å²) >= 11 is 12.2. The Morgan fingerprint density at radius 2 is 1.64 bits per heavy atom. The number of nitrogens with zero attached hydrogens (tertiary/aromatic N) is 1. The zero-order chi connectivity index (χ0) is 10.9. The van der Waals surface area contributed by atoms with Crippen molar-refractivity contribution in [2.45, 2.75) is 13.5 Å². The number of hydrogen-bond acceptors (Lipinski definition) is 0. The highest BCUT2D eigenvalue weighted by atomic mass is 35.5. The largest absolute Gasteiger partial charge is 0.327 e. The van der Waals surface area contributed by atoms with Gasteiger partial charge in [0.25, 0.3) is 0 Å². The number of rotatable bonds is 2. The summed E-state index contributed by atoms with van der Waals surface area (Å²) in [5, 5.41) is 1.60. The van der Waals surface area contributed by atoms with Crippen molar-refractivity contribution in [2.24, 2.45) is 0 Å². The average Bonchev–Trinajstić information content (AvgIpc) is 1.97. The van der Waals surface area contributed by atoms with Crippen LogP contribution in [0.3, 0.4) is 0 Å². The van der Waals surface area contributed by atoms with Crippen molar-refractivity contribution in [1.29, 1.82) is 0 Å². The Labute approximate surface area is 95.8 Å². The Morgan fingerprint density at radius 1 is 1.07 bits per heavy atom. The SMILES string of the molecule is Cc1cc(Cl)c(C[N+](C)(C)C)cc1Cl. The van der Waals surface area contributed by atoms with Crippen LogP contribution < -0.4 is 0 Å². The molecule has 0 N–H and O–H groups in total. The van der Waals surface area contributed by atoms with Crippen LogP contribution in [0, 0.1) is 6.92 Å². The van der Waals surface area contributed by atoms with E-state index in [4.69, 9.17) is 23.2 Å². The lowest BCUT2D eigenvalue weighted by molar-refractivity contribution is -0.883. The van der Waals surface area contributed by atoms with Crippen LogP contribution in [0.25, 0.3) is 0 Å². The van der Waals surface area contributed by atoms with Gasteiger partial charge in [-0.05, 0) is 24.6 Å². The summed E-state index contributed by atoms with van der Waals surface area (Å²) in [5.74, 6) is 0. The molecule has 0 unspecified atom stereocenters. The van der Waals surface area contributed by atoms with Gasteiger partial charge >= 0.3 is 0 Å². The number of aryl methyl sites for hydroxylation is 1. The number of benzene rings is 1. The summed E-state index contributed by atoms with van der Waals surface area (Å²) in [4.78, 5) is 0. The van der Waals surface area contributed by atoms with Gasteiger partial charge in [-0.3, -0.25) is 0 Å². The number of halogens is 2. The van der Waals surface area contributed by atoms with E-state index in [1.807, 2.05) is 19.1 Å². The second-order valence-corrected chi connectivity index (χ2v) is 5.46. The molecule has 3 heteroatoms. The first-order valence-corrected chi connectivity index (χ1v) is 5.30. The molecule has 1 rings (SSSR count). The molecule has 0 heterocycles. The minimum atomic E-state index is 0.790. The molecule has 0 bridgehead atoms. The summed E-state index contributed by atoms with van der Waals surface area (Å²) in [7, 11) is 6.39. The lowest BCUT2D eigenvalue weighted by Crippen LogP contribution is -2.33. The predicted octanol–water partition coefficient (Wildman–Crippen LogP) is 3.51. The van der Waals surface area contributed by atoms with Gasteiger partial charge in [-0.2, -0.15) is 0 Å². The van der Waals surface area contributed by atoms with Crippen molar-refractivity contribution >= 4 is 23.2 Å². The standard InChI is InChI=1S/C11H16Cl2N/c1-8-5-11(13)9(6-10(8)12)7-14(2,3)4/h5-6H,7H2,1-4H3/q+1. The van der Waals surface area contributed by atoms with Crippen molar-refractivity contribution in [3.05, 3.63) is 33.3 Å². The summed E-state index contributed by atoms with van der Waals surface area (Å²) in [6, 6.07) is 3.89. The minimum Gasteiger partial charge on any atom is -0.327 e. The van der Waals surface area contributed by atoms with E-state index in [1.165, 1.54) is 0 Å². The molecule has 1 aromatic carbocycles. The quantitative estimate of drug-likeness (QED) is 0.686. The van der Waals surface area contributed by atoms with Crippen LogP contribution in [0.4, 0.5) is 0 Å². The van der Waals surface area contributed by atoms with Gasteiger partial charge in [-0.1, -0.05) is 23.2 Å². The molecule has 0 saturated carbocycles. The third kappa shape index (κ3) is 3.16. The first-order chi connectivity index (χ1) is 6.29. The summed E-state index contributed by atoms with van der Waals surface area (Å²) in [6.07, 6.45) is 0. The molecule has 0 radical (unpaired) electrons. The Morgan fingerprint density at radius 3 is 2.14 bits per heavy atom. The van der Waals surface area contributed by atoms with Gasteiger partial charge in [0, 0.05) is 15.6 Å². The highest BCUT2D eigenvalue weighted by Gasteiger charge is 2.13. The molecule has 0 aliphatic rings. The Kier molecular flexibility index (Phi) is 3.46. The first-order valence-electron chi connectivity index (χ1n) is 4.54. The van der Waals surface area contributed by atoms with E-state index >= 15 is 0 Å². The van der Waals surface area contributed by atoms with Gasteiger partial charge in [0.15, 0.2) is 0 Å². The van der Waals surface area contributed by atoms with Gasteiger partial charge < -0.3 is 4.48 Å². The molecule has 14 heavy (non-hydrogen) atoms. The fourth-order valence-corrected chi connectivity index (χ4v) is 1.78. The molecule has 0 spiro atoms. The lowest BCUT2D eigenvalue weighted by Gasteiger charge is -2.24. The number of hydrogen-bond donors (Lipinski definition) is 0. The second kappa shape index (κ2) is 4.09. The maximum Gasteiger partial charge on any atom is 0.105 e. The third-order valence-corrected chi connectivity index (χ3v) is 2.73. The molecule has 0 aromatic heterocycles. The molecule has 1 aromatic rings. The second-order valence-electron chi connectivity index (χ2n) is 4.64. The van der Waals surface area contributed by atoms with Crippen LogP contribution in [-0.2, 0) is 6.54 Å². The normalized spacial score (nSPS) is 11.9. The Bertz CT molecular complexity index is 340. The summed E-state index contributed by atoms with van der Waals surface area (Å²) < 4.78 is 0.846. The highest BCUT2D eigenvalue weighted by molar-refractivity contribution is 6.34. The maximum atomic E-state index is 6.14. The summed E-state index contributed by atoms with van der Waals surface area (Å²) in [6.45, 7) is 2.85. The fraction of sp³-hybridized carbons (Fsp3) is 0.455. The van der Waals surface area contributed by atoms with Crippen LogP contribution in [-0.4, -0.2) is 25.6 Å². The van der Waals surface area contributed by atoms with Crippen LogP contribution in [0.5, 0.6) is 0 Å². The van der Waals surface area contributed by atoms with Crippen molar-refractivity contribution in [1.82, 2.24) is 0 Å². The van der Waals surface area contributed by atoms with Gasteiger partial charge in [0.05, 0.1) is 21.1 Å². The van der Waals surface area contributed by atoms with Gasteiger partial charge in [-0.25, -0.2) is 0 Å². The van der Waals surface area contributed by atoms with Crippen LogP contribution in [0.2, 0.25) is 10.0 Å². The molecule has 0 atom stereocenters. The van der Waals surface area contributed by atoms with E-state index in [0.717, 1.165) is 32.2 Å². The molecular weight excluding hydrogens is 217 g/mol. The predicted molar refractivity (Wildman–Crippen MR) is 62.9 cm³/mol. The molecule has 0 fully saturated rings. The average molecular weight is 233 g/mol. The fourth-order valence-electron chi connectivity index (χ4n) is 1.32. The van der Waals surface area contributed by atoms with Crippen molar-refractivity contribution in [2.75, 3.05) is 21.1 Å². The van der Waals surface area contributed by atoms with Gasteiger partial charge in [0.2, 0.25) is 0 Å². The molecule has 0 saturated heterocycles. The van der Waals surface area contributed by atoms with E-state index in [2.05, 4.69) is 21.1 Å². The zero-order valence-electron chi connectivity index (χ0n) is 9.06. The Hall–Kier alpha value is -0.240. The first kappa shape index (κ1) is 11.8. The molecule has 78 valence electrons. The van der Waals surface area contributed by atoms with E-state index in [-0.39, 0.29) is 0 Å². The van der Waals surface area contributed by atoms with E-state index in [1.54, 1.807) is 0 Å². The smallest absolute Gasteiger partial charge is 0.105 e. The van der Waals surface area contributed by atoms with Crippen LogP contribution >= 0.6 is 23.2 Å². The van der Waals surface area contributed by atoms with Crippen LogP contribution in [0.15, 0.2) is 12.1 Å². The molecule has 1 nitrogen and oxygen atoms in total. The van der Waals surface area contributed by atoms with Gasteiger partial charge in [-0.15, -0.1) is 0 Å². The molecule has 0 aliphatic carbocycles. The van der Waals surface area contributed by atoms with Gasteiger partial charge in [0.1, 0.15) is 6.54 Å². The topological polar surface area (TPSA) is 0 Å². The monoisotopic (exact) mass is 232 g/mol. The molecule has 0 aliphatic heterocycles. The molecular formula is C11H16Cl2N+. The third-order valence-electron chi connectivity index (χ3n) is 1.97. The van der Waals surface area contributed by atoms with Crippen molar-refractivity contribution in [3.63, 3.8) is 0 Å². The van der Waals surface area contributed by atoms with Crippen LogP contribution in [0.1, 0.15) is 11.1 Å². The maximum absolute atomic E-state index is 6.14. The lowest BCUT2D eigenvalue weighted by atomic mass is 10.1. The van der Waals surface area contributed by atoms with E-state index in [0.29, 0.717) is 0 Å². The molecule has 0 amide bonds. The van der Waals surface area contributed by atoms with Crippen molar-refractivity contribution < 1.29 is 4.48 Å². The van der Waals surface area contributed by atoms with E-state index < -0.39 is 0 Å². The zero-order valence-corrected chi connectivity index (χ0v) is 10.6. The van der Waals surface area contributed by atoms with Crippen molar-refractivity contribution in [3.8, 4) is 0 Å². The number of quaternary nitrogens is 1. The Balaban J connectivity index is 3.04. The summed E-state index contributed by atoms with van der Waals surface area (Å²) in [5.41, 5.74) is 2.14.